The van der Waals surface area contributed by atoms with E-state index in [4.69, 9.17) is 0 Å². The van der Waals surface area contributed by atoms with Crippen LogP contribution in [0.2, 0.25) is 0 Å². The number of aromatic nitrogens is 2. The van der Waals surface area contributed by atoms with Crippen LogP contribution in [-0.2, 0) is 11.8 Å². The molecule has 7 heteroatoms. The highest BCUT2D eigenvalue weighted by Gasteiger charge is 2.26. The van der Waals surface area contributed by atoms with Crippen molar-refractivity contribution in [2.24, 2.45) is 7.05 Å². The third kappa shape index (κ3) is 4.59. The van der Waals surface area contributed by atoms with Crippen LogP contribution >= 0.6 is 0 Å². The van der Waals surface area contributed by atoms with Crippen molar-refractivity contribution in [2.45, 2.75) is 26.8 Å². The highest BCUT2D eigenvalue weighted by Crippen LogP contribution is 2.16. The van der Waals surface area contributed by atoms with E-state index in [0.717, 1.165) is 11.3 Å². The zero-order valence-electron chi connectivity index (χ0n) is 15.1. The second-order valence-corrected chi connectivity index (χ2v) is 5.75. The minimum Gasteiger partial charge on any atom is -0.341 e. The summed E-state index contributed by atoms with van der Waals surface area (Å²) in [6.07, 6.45) is 0. The maximum absolute atomic E-state index is 12.8. The zero-order valence-corrected chi connectivity index (χ0v) is 15.1. The van der Waals surface area contributed by atoms with Crippen LogP contribution in [0.4, 0.5) is 10.6 Å². The predicted octanol–water partition coefficient (Wildman–Crippen LogP) is 2.46. The Labute approximate surface area is 148 Å². The van der Waals surface area contributed by atoms with Crippen molar-refractivity contribution in [3.05, 3.63) is 47.7 Å². The van der Waals surface area contributed by atoms with Gasteiger partial charge in [-0.3, -0.25) is 14.8 Å². The van der Waals surface area contributed by atoms with Crippen molar-refractivity contribution < 1.29 is 9.59 Å². The lowest BCUT2D eigenvalue weighted by molar-refractivity contribution is -0.132. The van der Waals surface area contributed by atoms with Crippen molar-refractivity contribution in [2.75, 3.05) is 18.4 Å². The number of aryl methyl sites for hydroxylation is 2. The molecule has 134 valence electrons. The Hall–Kier alpha value is -2.83. The second kappa shape index (κ2) is 8.32. The van der Waals surface area contributed by atoms with Gasteiger partial charge in [-0.15, -0.1) is 0 Å². The van der Waals surface area contributed by atoms with Gasteiger partial charge in [0.25, 0.3) is 0 Å². The van der Waals surface area contributed by atoms with Crippen molar-refractivity contribution in [3.8, 4) is 0 Å². The van der Waals surface area contributed by atoms with Crippen LogP contribution in [0.5, 0.6) is 0 Å². The van der Waals surface area contributed by atoms with E-state index in [1.807, 2.05) is 51.1 Å². The number of nitrogens with one attached hydrogen (secondary N) is 2. The van der Waals surface area contributed by atoms with Gasteiger partial charge in [-0.2, -0.15) is 5.10 Å². The first-order chi connectivity index (χ1) is 12.0. The van der Waals surface area contributed by atoms with Gasteiger partial charge in [0.2, 0.25) is 5.91 Å². The molecule has 3 amide bonds. The van der Waals surface area contributed by atoms with Crippen LogP contribution in [0.25, 0.3) is 0 Å². The van der Waals surface area contributed by atoms with Gasteiger partial charge in [0.1, 0.15) is 11.9 Å². The largest absolute Gasteiger partial charge is 0.341 e. The Bertz CT molecular complexity index is 722. The number of hydrogen-bond acceptors (Lipinski definition) is 3. The molecule has 0 aliphatic rings. The lowest BCUT2D eigenvalue weighted by atomic mass is 10.1. The third-order valence-electron chi connectivity index (χ3n) is 3.97. The summed E-state index contributed by atoms with van der Waals surface area (Å²) in [5.74, 6) is 0.435. The number of carbonyl (C=O) groups is 2. The maximum Gasteiger partial charge on any atom is 0.321 e. The normalized spacial score (nSPS) is 11.7. The molecular formula is C18H25N5O2. The zero-order chi connectivity index (χ0) is 18.4. The summed E-state index contributed by atoms with van der Waals surface area (Å²) >= 11 is 0. The summed E-state index contributed by atoms with van der Waals surface area (Å²) in [6, 6.07) is 9.82. The lowest BCUT2D eigenvalue weighted by Crippen LogP contribution is -2.44. The number of hydrogen-bond donors (Lipinski definition) is 2. The smallest absolute Gasteiger partial charge is 0.321 e. The molecule has 1 heterocycles. The first kappa shape index (κ1) is 18.5. The minimum absolute atomic E-state index is 0.132. The average Bonchev–Trinajstić information content (AvgIpc) is 2.91. The van der Waals surface area contributed by atoms with Gasteiger partial charge in [-0.05, 0) is 26.3 Å². The average molecular weight is 343 g/mol. The first-order valence-corrected chi connectivity index (χ1v) is 8.38. The number of amides is 3. The number of urea groups is 1. The molecule has 25 heavy (non-hydrogen) atoms. The molecule has 0 bridgehead atoms. The molecule has 0 aliphatic carbocycles. The summed E-state index contributed by atoms with van der Waals surface area (Å²) < 4.78 is 1.58. The van der Waals surface area contributed by atoms with E-state index >= 15 is 0 Å². The summed E-state index contributed by atoms with van der Waals surface area (Å²) in [4.78, 5) is 27.0. The van der Waals surface area contributed by atoms with E-state index in [9.17, 15) is 9.59 Å². The fourth-order valence-electron chi connectivity index (χ4n) is 2.66. The standard InChI is InChI=1S/C18H25N5O2/c1-5-23(6-2)17(24)16(14-10-8-7-9-11-14)20-18(25)19-15-12-13(3)21-22(15)4/h7-12,16H,5-6H2,1-4H3,(H2,19,20,25)/t16-/m0/s1. The van der Waals surface area contributed by atoms with Crippen LogP contribution in [-0.4, -0.2) is 39.7 Å². The van der Waals surface area contributed by atoms with E-state index in [-0.39, 0.29) is 5.91 Å². The van der Waals surface area contributed by atoms with E-state index < -0.39 is 12.1 Å². The number of nitrogens with zero attached hydrogens (tertiary/aromatic N) is 3. The predicted molar refractivity (Wildman–Crippen MR) is 97.2 cm³/mol. The summed E-state index contributed by atoms with van der Waals surface area (Å²) in [6.45, 7) is 6.86. The van der Waals surface area contributed by atoms with Gasteiger partial charge >= 0.3 is 6.03 Å². The Kier molecular flexibility index (Phi) is 6.16. The second-order valence-electron chi connectivity index (χ2n) is 5.75. The number of rotatable bonds is 6. The topological polar surface area (TPSA) is 79.3 Å². The molecule has 0 spiro atoms. The molecule has 0 saturated heterocycles. The Balaban J connectivity index is 2.19. The first-order valence-electron chi connectivity index (χ1n) is 8.38. The van der Waals surface area contributed by atoms with E-state index in [1.54, 1.807) is 22.7 Å². The van der Waals surface area contributed by atoms with Gasteiger partial charge in [0.05, 0.1) is 5.69 Å². The summed E-state index contributed by atoms with van der Waals surface area (Å²) in [5.41, 5.74) is 1.55. The van der Waals surface area contributed by atoms with Crippen LogP contribution in [0.1, 0.15) is 31.1 Å². The molecule has 0 aliphatic heterocycles. The molecule has 0 radical (unpaired) electrons. The Morgan fingerprint density at radius 1 is 1.20 bits per heavy atom. The molecule has 2 rings (SSSR count). The lowest BCUT2D eigenvalue weighted by Gasteiger charge is -2.26. The van der Waals surface area contributed by atoms with Crippen LogP contribution in [0.15, 0.2) is 36.4 Å². The van der Waals surface area contributed by atoms with Gasteiger partial charge in [0, 0.05) is 26.2 Å². The maximum atomic E-state index is 12.8. The van der Waals surface area contributed by atoms with Crippen LogP contribution in [0, 0.1) is 6.92 Å². The molecule has 7 nitrogen and oxygen atoms in total. The van der Waals surface area contributed by atoms with Gasteiger partial charge in [-0.25, -0.2) is 4.79 Å². The SMILES string of the molecule is CCN(CC)C(=O)[C@@H](NC(=O)Nc1cc(C)nn1C)c1ccccc1. The molecule has 0 unspecified atom stereocenters. The number of carbonyl (C=O) groups excluding carboxylic acids is 2. The van der Waals surface area contributed by atoms with Crippen molar-refractivity contribution in [1.82, 2.24) is 20.0 Å². The summed E-state index contributed by atoms with van der Waals surface area (Å²) in [7, 11) is 1.75. The van der Waals surface area contributed by atoms with E-state index in [2.05, 4.69) is 15.7 Å². The molecule has 2 N–H and O–H groups in total. The molecule has 0 fully saturated rings. The summed E-state index contributed by atoms with van der Waals surface area (Å²) in [5, 5.41) is 9.72. The molecule has 1 atom stereocenters. The van der Waals surface area contributed by atoms with Crippen LogP contribution < -0.4 is 10.6 Å². The van der Waals surface area contributed by atoms with Gasteiger partial charge in [-0.1, -0.05) is 30.3 Å². The van der Waals surface area contributed by atoms with Crippen LogP contribution in [0.3, 0.4) is 0 Å². The fraction of sp³-hybridized carbons (Fsp3) is 0.389. The van der Waals surface area contributed by atoms with Gasteiger partial charge in [0.15, 0.2) is 0 Å². The Morgan fingerprint density at radius 3 is 2.36 bits per heavy atom. The quantitative estimate of drug-likeness (QED) is 0.845. The highest BCUT2D eigenvalue weighted by molar-refractivity contribution is 5.93. The van der Waals surface area contributed by atoms with E-state index in [0.29, 0.717) is 18.9 Å². The molecule has 1 aromatic heterocycles. The number of benzene rings is 1. The number of anilines is 1. The number of likely N-dealkylation sites (N-methyl/N-ethyl adjacent to an activating group) is 1. The Morgan fingerprint density at radius 2 is 1.84 bits per heavy atom. The van der Waals surface area contributed by atoms with Crippen molar-refractivity contribution in [1.29, 1.82) is 0 Å². The minimum atomic E-state index is -0.740. The van der Waals surface area contributed by atoms with Crippen molar-refractivity contribution >= 4 is 17.8 Å². The molecule has 0 saturated carbocycles. The molecule has 2 aromatic rings. The molecular weight excluding hydrogens is 318 g/mol. The van der Waals surface area contributed by atoms with Gasteiger partial charge < -0.3 is 10.2 Å². The fourth-order valence-corrected chi connectivity index (χ4v) is 2.66. The van der Waals surface area contributed by atoms with E-state index in [1.165, 1.54) is 0 Å². The highest BCUT2D eigenvalue weighted by atomic mass is 16.2. The molecule has 1 aromatic carbocycles. The monoisotopic (exact) mass is 343 g/mol. The third-order valence-corrected chi connectivity index (χ3v) is 3.97. The van der Waals surface area contributed by atoms with Crippen molar-refractivity contribution in [3.63, 3.8) is 0 Å².